The fourth-order valence-corrected chi connectivity index (χ4v) is 2.79. The van der Waals surface area contributed by atoms with Crippen LogP contribution in [0.4, 0.5) is 0 Å². The van der Waals surface area contributed by atoms with E-state index >= 15 is 0 Å². The van der Waals surface area contributed by atoms with Crippen LogP contribution in [-0.4, -0.2) is 31.6 Å². The van der Waals surface area contributed by atoms with Crippen LogP contribution >= 0.6 is 31.9 Å². The minimum absolute atomic E-state index is 0.0844. The maximum absolute atomic E-state index is 11.5. The first kappa shape index (κ1) is 14.2. The lowest BCUT2D eigenvalue weighted by Crippen LogP contribution is -2.29. The van der Waals surface area contributed by atoms with E-state index < -0.39 is 5.60 Å². The average molecular weight is 382 g/mol. The standard InChI is InChI=1S/C12H14Br2O4/c1-16-7-17-9-2-4-12(5-3-10(13)14)8(9)6-11(15)18-12/h3,6,9H,2,4-5,7H2,1H3/t9-,12+/m0/s1. The topological polar surface area (TPSA) is 44.8 Å². The Hall–Kier alpha value is -0.170. The van der Waals surface area contributed by atoms with Gasteiger partial charge in [-0.2, -0.15) is 0 Å². The molecule has 1 aliphatic carbocycles. The lowest BCUT2D eigenvalue weighted by molar-refractivity contribution is -0.145. The summed E-state index contributed by atoms with van der Waals surface area (Å²) in [5, 5.41) is 0. The first-order valence-corrected chi connectivity index (χ1v) is 7.23. The Kier molecular flexibility index (Phi) is 4.64. The van der Waals surface area contributed by atoms with Gasteiger partial charge in [-0.05, 0) is 44.7 Å². The summed E-state index contributed by atoms with van der Waals surface area (Å²) in [6.45, 7) is 0.226. The molecule has 0 bridgehead atoms. The molecule has 2 atom stereocenters. The zero-order valence-electron chi connectivity index (χ0n) is 9.95. The summed E-state index contributed by atoms with van der Waals surface area (Å²) in [5.74, 6) is -0.283. The van der Waals surface area contributed by atoms with Crippen molar-refractivity contribution in [1.82, 2.24) is 0 Å². The first-order valence-electron chi connectivity index (χ1n) is 5.64. The number of ether oxygens (including phenoxy) is 3. The van der Waals surface area contributed by atoms with Crippen LogP contribution in [0.2, 0.25) is 0 Å². The summed E-state index contributed by atoms with van der Waals surface area (Å²) in [7, 11) is 1.58. The van der Waals surface area contributed by atoms with Crippen LogP contribution in [0.5, 0.6) is 0 Å². The smallest absolute Gasteiger partial charge is 0.331 e. The van der Waals surface area contributed by atoms with Gasteiger partial charge in [0.2, 0.25) is 0 Å². The van der Waals surface area contributed by atoms with Crippen LogP contribution in [-0.2, 0) is 19.0 Å². The normalized spacial score (nSPS) is 29.8. The second-order valence-corrected chi connectivity index (χ2v) is 7.09. The summed E-state index contributed by atoms with van der Waals surface area (Å²) >= 11 is 6.63. The van der Waals surface area contributed by atoms with Gasteiger partial charge in [0.05, 0.1) is 9.50 Å². The molecule has 100 valence electrons. The molecular weight excluding hydrogens is 368 g/mol. The SMILES string of the molecule is COCO[C@H]1CC[C@]2(CC=C(Br)Br)OC(=O)C=C12. The molecule has 6 heteroatoms. The Morgan fingerprint density at radius 1 is 1.67 bits per heavy atom. The zero-order chi connectivity index (χ0) is 13.2. The molecule has 0 aromatic heterocycles. The molecule has 2 rings (SSSR count). The lowest BCUT2D eigenvalue weighted by Gasteiger charge is -2.25. The minimum Gasteiger partial charge on any atom is -0.451 e. The maximum Gasteiger partial charge on any atom is 0.331 e. The van der Waals surface area contributed by atoms with Crippen molar-refractivity contribution < 1.29 is 19.0 Å². The molecule has 0 spiro atoms. The van der Waals surface area contributed by atoms with Gasteiger partial charge in [0.15, 0.2) is 0 Å². The number of carbonyl (C=O) groups is 1. The van der Waals surface area contributed by atoms with E-state index in [4.69, 9.17) is 14.2 Å². The summed E-state index contributed by atoms with van der Waals surface area (Å²) in [4.78, 5) is 11.5. The number of carbonyl (C=O) groups excluding carboxylic acids is 1. The number of esters is 1. The minimum atomic E-state index is -0.526. The average Bonchev–Trinajstić information content (AvgIpc) is 2.79. The number of halogens is 2. The van der Waals surface area contributed by atoms with Gasteiger partial charge >= 0.3 is 5.97 Å². The van der Waals surface area contributed by atoms with E-state index in [0.29, 0.717) is 6.42 Å². The third-order valence-corrected chi connectivity index (χ3v) is 3.87. The highest BCUT2D eigenvalue weighted by molar-refractivity contribution is 9.28. The van der Waals surface area contributed by atoms with Crippen molar-refractivity contribution >= 4 is 37.8 Å². The monoisotopic (exact) mass is 380 g/mol. The molecule has 4 nitrogen and oxygen atoms in total. The van der Waals surface area contributed by atoms with E-state index in [2.05, 4.69) is 31.9 Å². The third-order valence-electron chi connectivity index (χ3n) is 3.23. The van der Waals surface area contributed by atoms with Gasteiger partial charge in [0, 0.05) is 25.2 Å². The number of fused-ring (bicyclic) bond motifs is 1. The van der Waals surface area contributed by atoms with Crippen LogP contribution in [0.25, 0.3) is 0 Å². The summed E-state index contributed by atoms with van der Waals surface area (Å²) in [6, 6.07) is 0. The van der Waals surface area contributed by atoms with Gasteiger partial charge < -0.3 is 14.2 Å². The number of hydrogen-bond donors (Lipinski definition) is 0. The number of hydrogen-bond acceptors (Lipinski definition) is 4. The van der Waals surface area contributed by atoms with Crippen LogP contribution in [0.1, 0.15) is 19.3 Å². The molecule has 0 radical (unpaired) electrons. The summed E-state index contributed by atoms with van der Waals surface area (Å²) in [6.07, 6.45) is 5.69. The Bertz CT molecular complexity index is 401. The molecule has 0 N–H and O–H groups in total. The molecule has 2 aliphatic rings. The molecular formula is C12H14Br2O4. The Morgan fingerprint density at radius 2 is 2.44 bits per heavy atom. The molecule has 0 aromatic rings. The first-order chi connectivity index (χ1) is 8.57. The van der Waals surface area contributed by atoms with Gasteiger partial charge in [0.1, 0.15) is 12.4 Å². The number of rotatable bonds is 5. The fourth-order valence-electron chi connectivity index (χ4n) is 2.47. The quantitative estimate of drug-likeness (QED) is 0.542. The van der Waals surface area contributed by atoms with E-state index in [-0.39, 0.29) is 18.9 Å². The molecule has 18 heavy (non-hydrogen) atoms. The predicted octanol–water partition coefficient (Wildman–Crippen LogP) is 3.01. The van der Waals surface area contributed by atoms with Crippen molar-refractivity contribution in [1.29, 1.82) is 0 Å². The van der Waals surface area contributed by atoms with Crippen molar-refractivity contribution in [3.05, 3.63) is 21.1 Å². The molecule has 0 saturated heterocycles. The van der Waals surface area contributed by atoms with Crippen molar-refractivity contribution in [2.24, 2.45) is 0 Å². The van der Waals surface area contributed by atoms with E-state index in [9.17, 15) is 4.79 Å². The van der Waals surface area contributed by atoms with Crippen LogP contribution in [0, 0.1) is 0 Å². The lowest BCUT2D eigenvalue weighted by atomic mass is 9.94. The molecule has 1 aliphatic heterocycles. The predicted molar refractivity (Wildman–Crippen MR) is 73.4 cm³/mol. The third kappa shape index (κ3) is 2.87. The second kappa shape index (κ2) is 5.86. The highest BCUT2D eigenvalue weighted by atomic mass is 79.9. The van der Waals surface area contributed by atoms with Gasteiger partial charge in [-0.15, -0.1) is 0 Å². The zero-order valence-corrected chi connectivity index (χ0v) is 13.1. The summed E-state index contributed by atoms with van der Waals surface area (Å²) < 4.78 is 16.8. The maximum atomic E-state index is 11.5. The largest absolute Gasteiger partial charge is 0.451 e. The van der Waals surface area contributed by atoms with E-state index in [1.54, 1.807) is 13.2 Å². The van der Waals surface area contributed by atoms with Crippen molar-refractivity contribution in [3.8, 4) is 0 Å². The van der Waals surface area contributed by atoms with E-state index in [1.807, 2.05) is 6.08 Å². The Morgan fingerprint density at radius 3 is 3.11 bits per heavy atom. The molecule has 0 unspecified atom stereocenters. The molecule has 1 fully saturated rings. The summed E-state index contributed by atoms with van der Waals surface area (Å²) in [5.41, 5.74) is 0.407. The Balaban J connectivity index is 2.14. The van der Waals surface area contributed by atoms with Crippen molar-refractivity contribution in [2.75, 3.05) is 13.9 Å². The van der Waals surface area contributed by atoms with Crippen molar-refractivity contribution in [3.63, 3.8) is 0 Å². The van der Waals surface area contributed by atoms with Crippen LogP contribution in [0.15, 0.2) is 21.1 Å². The Labute approximate surface area is 123 Å². The molecule has 1 saturated carbocycles. The van der Waals surface area contributed by atoms with Crippen LogP contribution in [0.3, 0.4) is 0 Å². The van der Waals surface area contributed by atoms with Crippen molar-refractivity contribution in [2.45, 2.75) is 31.0 Å². The highest BCUT2D eigenvalue weighted by Gasteiger charge is 2.50. The van der Waals surface area contributed by atoms with E-state index in [0.717, 1.165) is 21.8 Å². The van der Waals surface area contributed by atoms with E-state index in [1.165, 1.54) is 0 Å². The van der Waals surface area contributed by atoms with Gasteiger partial charge in [0.25, 0.3) is 0 Å². The fraction of sp³-hybridized carbons (Fsp3) is 0.583. The van der Waals surface area contributed by atoms with Gasteiger partial charge in [-0.3, -0.25) is 0 Å². The number of methoxy groups -OCH3 is 1. The molecule has 0 aromatic carbocycles. The second-order valence-electron chi connectivity index (χ2n) is 4.31. The highest BCUT2D eigenvalue weighted by Crippen LogP contribution is 2.46. The van der Waals surface area contributed by atoms with Crippen LogP contribution < -0.4 is 0 Å². The van der Waals surface area contributed by atoms with Gasteiger partial charge in [-0.25, -0.2) is 4.79 Å². The molecule has 0 amide bonds. The van der Waals surface area contributed by atoms with Gasteiger partial charge in [-0.1, -0.05) is 6.08 Å². The molecule has 1 heterocycles.